The molecule has 1 aliphatic rings. The van der Waals surface area contributed by atoms with Crippen molar-refractivity contribution >= 4 is 35.7 Å². The van der Waals surface area contributed by atoms with Gasteiger partial charge in [0, 0.05) is 25.3 Å². The summed E-state index contributed by atoms with van der Waals surface area (Å²) in [5, 5.41) is 3.31. The molecule has 0 unspecified atom stereocenters. The van der Waals surface area contributed by atoms with Gasteiger partial charge in [0.25, 0.3) is 5.91 Å². The highest BCUT2D eigenvalue weighted by Gasteiger charge is 2.23. The Labute approximate surface area is 121 Å². The Morgan fingerprint density at radius 1 is 1.37 bits per heavy atom. The standard InChI is InChI=1S/C12H12N4OS.ClH/c17-12(10-8-14-18-15-10)16-6-5-13-7-9-3-1-2-4-11(9)16;/h1-4,8,13H,5-7H2;1H. The van der Waals surface area contributed by atoms with Crippen LogP contribution in [0.1, 0.15) is 16.1 Å². The number of amides is 1. The molecular formula is C12H13ClN4OS. The summed E-state index contributed by atoms with van der Waals surface area (Å²) >= 11 is 1.06. The van der Waals surface area contributed by atoms with Crippen molar-refractivity contribution in [3.8, 4) is 0 Å². The number of hydrogen-bond acceptors (Lipinski definition) is 5. The molecule has 2 aromatic rings. The zero-order chi connectivity index (χ0) is 12.4. The van der Waals surface area contributed by atoms with Gasteiger partial charge in [-0.3, -0.25) is 4.79 Å². The second-order valence-corrected chi connectivity index (χ2v) is 4.61. The van der Waals surface area contributed by atoms with Crippen molar-refractivity contribution < 1.29 is 4.79 Å². The van der Waals surface area contributed by atoms with Crippen LogP contribution in [0.2, 0.25) is 0 Å². The van der Waals surface area contributed by atoms with Crippen molar-refractivity contribution in [1.29, 1.82) is 0 Å². The van der Waals surface area contributed by atoms with Gasteiger partial charge in [0.05, 0.1) is 17.9 Å². The first kappa shape index (κ1) is 13.9. The molecule has 0 radical (unpaired) electrons. The van der Waals surface area contributed by atoms with Gasteiger partial charge >= 0.3 is 0 Å². The lowest BCUT2D eigenvalue weighted by Crippen LogP contribution is -2.34. The van der Waals surface area contributed by atoms with Gasteiger partial charge in [0.2, 0.25) is 0 Å². The van der Waals surface area contributed by atoms with Gasteiger partial charge in [-0.25, -0.2) is 0 Å². The summed E-state index contributed by atoms with van der Waals surface area (Å²) in [7, 11) is 0. The van der Waals surface area contributed by atoms with Crippen LogP contribution in [0.3, 0.4) is 0 Å². The van der Waals surface area contributed by atoms with E-state index in [0.29, 0.717) is 12.2 Å². The predicted octanol–water partition coefficient (Wildman–Crippen LogP) is 1.71. The fraction of sp³-hybridized carbons (Fsp3) is 0.250. The molecule has 1 aromatic heterocycles. The lowest BCUT2D eigenvalue weighted by molar-refractivity contribution is 0.0983. The zero-order valence-corrected chi connectivity index (χ0v) is 11.7. The maximum atomic E-state index is 12.4. The van der Waals surface area contributed by atoms with Crippen LogP contribution in [-0.4, -0.2) is 27.7 Å². The van der Waals surface area contributed by atoms with E-state index in [1.54, 1.807) is 4.90 Å². The number of fused-ring (bicyclic) bond motifs is 1. The van der Waals surface area contributed by atoms with Crippen molar-refractivity contribution in [3.63, 3.8) is 0 Å². The first-order valence-corrected chi connectivity index (χ1v) is 6.47. The molecular weight excluding hydrogens is 284 g/mol. The molecule has 0 saturated carbocycles. The molecule has 7 heteroatoms. The Balaban J connectivity index is 0.00000133. The molecule has 3 rings (SSSR count). The molecule has 1 amide bonds. The largest absolute Gasteiger partial charge is 0.311 e. The van der Waals surface area contributed by atoms with Crippen LogP contribution in [0.5, 0.6) is 0 Å². The van der Waals surface area contributed by atoms with Crippen LogP contribution in [-0.2, 0) is 6.54 Å². The van der Waals surface area contributed by atoms with E-state index in [9.17, 15) is 4.79 Å². The van der Waals surface area contributed by atoms with E-state index in [0.717, 1.165) is 36.1 Å². The Morgan fingerprint density at radius 3 is 3.00 bits per heavy atom. The first-order chi connectivity index (χ1) is 8.86. The van der Waals surface area contributed by atoms with E-state index >= 15 is 0 Å². The van der Waals surface area contributed by atoms with E-state index in [4.69, 9.17) is 0 Å². The highest BCUT2D eigenvalue weighted by atomic mass is 35.5. The van der Waals surface area contributed by atoms with Gasteiger partial charge in [-0.2, -0.15) is 8.75 Å². The minimum absolute atomic E-state index is 0. The summed E-state index contributed by atoms with van der Waals surface area (Å²) in [4.78, 5) is 14.1. The van der Waals surface area contributed by atoms with Crippen LogP contribution in [0.4, 0.5) is 5.69 Å². The first-order valence-electron chi connectivity index (χ1n) is 5.74. The van der Waals surface area contributed by atoms with Crippen LogP contribution in [0.25, 0.3) is 0 Å². The topological polar surface area (TPSA) is 58.1 Å². The Morgan fingerprint density at radius 2 is 2.21 bits per heavy atom. The van der Waals surface area contributed by atoms with E-state index in [1.165, 1.54) is 6.20 Å². The Bertz CT molecular complexity index is 561. The minimum atomic E-state index is -0.0834. The highest BCUT2D eigenvalue weighted by Crippen LogP contribution is 2.23. The number of nitrogens with zero attached hydrogens (tertiary/aromatic N) is 3. The predicted molar refractivity (Wildman–Crippen MR) is 77.0 cm³/mol. The van der Waals surface area contributed by atoms with Gasteiger partial charge < -0.3 is 10.2 Å². The lowest BCUT2D eigenvalue weighted by atomic mass is 10.1. The number of nitrogens with one attached hydrogen (secondary N) is 1. The molecule has 19 heavy (non-hydrogen) atoms. The smallest absolute Gasteiger partial charge is 0.279 e. The summed E-state index contributed by atoms with van der Waals surface area (Å²) in [6.45, 7) is 2.21. The lowest BCUT2D eigenvalue weighted by Gasteiger charge is -2.21. The second-order valence-electron chi connectivity index (χ2n) is 4.05. The minimum Gasteiger partial charge on any atom is -0.311 e. The molecule has 2 heterocycles. The highest BCUT2D eigenvalue weighted by molar-refractivity contribution is 6.99. The van der Waals surface area contributed by atoms with Crippen LogP contribution >= 0.6 is 24.1 Å². The third-order valence-corrected chi connectivity index (χ3v) is 3.41. The molecule has 100 valence electrons. The fourth-order valence-corrected chi connectivity index (χ4v) is 2.47. The van der Waals surface area contributed by atoms with Crippen LogP contribution in [0, 0.1) is 0 Å². The molecule has 5 nitrogen and oxygen atoms in total. The number of carbonyl (C=O) groups excluding carboxylic acids is 1. The van der Waals surface area contributed by atoms with Crippen molar-refractivity contribution in [2.45, 2.75) is 6.54 Å². The van der Waals surface area contributed by atoms with E-state index < -0.39 is 0 Å². The summed E-state index contributed by atoms with van der Waals surface area (Å²) in [5.74, 6) is -0.0834. The van der Waals surface area contributed by atoms with Crippen molar-refractivity contribution in [1.82, 2.24) is 14.1 Å². The van der Waals surface area contributed by atoms with E-state index in [-0.39, 0.29) is 18.3 Å². The van der Waals surface area contributed by atoms with Crippen molar-refractivity contribution in [3.05, 3.63) is 41.7 Å². The van der Waals surface area contributed by atoms with Gasteiger partial charge in [0.1, 0.15) is 0 Å². The number of anilines is 1. The summed E-state index contributed by atoms with van der Waals surface area (Å²) in [6, 6.07) is 7.94. The number of rotatable bonds is 1. The Kier molecular flexibility index (Phi) is 4.47. The number of hydrogen-bond donors (Lipinski definition) is 1. The number of carbonyl (C=O) groups is 1. The summed E-state index contributed by atoms with van der Waals surface area (Å²) in [6.07, 6.45) is 1.52. The fourth-order valence-electron chi connectivity index (χ4n) is 2.07. The molecule has 1 N–H and O–H groups in total. The van der Waals surface area contributed by atoms with Gasteiger partial charge in [0.15, 0.2) is 5.69 Å². The number of halogens is 1. The third-order valence-electron chi connectivity index (χ3n) is 2.94. The van der Waals surface area contributed by atoms with Crippen molar-refractivity contribution in [2.75, 3.05) is 18.0 Å². The van der Waals surface area contributed by atoms with Gasteiger partial charge in [-0.1, -0.05) is 18.2 Å². The number of aromatic nitrogens is 2. The quantitative estimate of drug-likeness (QED) is 0.870. The molecule has 0 spiro atoms. The maximum absolute atomic E-state index is 12.4. The van der Waals surface area contributed by atoms with Gasteiger partial charge in [-0.15, -0.1) is 12.4 Å². The van der Waals surface area contributed by atoms with Gasteiger partial charge in [-0.05, 0) is 11.6 Å². The number of para-hydroxylation sites is 1. The monoisotopic (exact) mass is 296 g/mol. The SMILES string of the molecule is Cl.O=C(c1cnsn1)N1CCNCc2ccccc21. The summed E-state index contributed by atoms with van der Waals surface area (Å²) < 4.78 is 7.90. The molecule has 0 fully saturated rings. The zero-order valence-electron chi connectivity index (χ0n) is 10.1. The molecule has 0 saturated heterocycles. The summed E-state index contributed by atoms with van der Waals surface area (Å²) in [5.41, 5.74) is 2.50. The van der Waals surface area contributed by atoms with Crippen molar-refractivity contribution in [2.24, 2.45) is 0 Å². The maximum Gasteiger partial charge on any atom is 0.279 e. The molecule has 0 atom stereocenters. The average Bonchev–Trinajstić information content (AvgIpc) is 2.85. The molecule has 0 aliphatic carbocycles. The second kappa shape index (κ2) is 6.10. The van der Waals surface area contributed by atoms with Crippen LogP contribution in [0.15, 0.2) is 30.5 Å². The van der Waals surface area contributed by atoms with Crippen LogP contribution < -0.4 is 10.2 Å². The Hall–Kier alpha value is -1.50. The normalized spacial score (nSPS) is 14.2. The average molecular weight is 297 g/mol. The van der Waals surface area contributed by atoms with E-state index in [2.05, 4.69) is 14.1 Å². The third kappa shape index (κ3) is 2.75. The number of benzene rings is 1. The molecule has 0 bridgehead atoms. The van der Waals surface area contributed by atoms with E-state index in [1.807, 2.05) is 24.3 Å². The molecule has 1 aliphatic heterocycles. The molecule has 1 aromatic carbocycles.